The summed E-state index contributed by atoms with van der Waals surface area (Å²) < 4.78 is 2.28. The highest BCUT2D eigenvalue weighted by Crippen LogP contribution is 2.48. The summed E-state index contributed by atoms with van der Waals surface area (Å²) in [4.78, 5) is 4.85. The fourth-order valence-electron chi connectivity index (χ4n) is 5.76. The first-order chi connectivity index (χ1) is 19.1. The van der Waals surface area contributed by atoms with Crippen LogP contribution in [-0.2, 0) is 13.1 Å². The van der Waals surface area contributed by atoms with Gasteiger partial charge in [-0.2, -0.15) is 5.10 Å². The number of anilines is 2. The first-order valence-corrected chi connectivity index (χ1v) is 13.8. The zero-order valence-electron chi connectivity index (χ0n) is 22.9. The van der Waals surface area contributed by atoms with Crippen LogP contribution in [0.25, 0.3) is 11.0 Å². The summed E-state index contributed by atoms with van der Waals surface area (Å²) in [5.41, 5.74) is 7.85. The van der Waals surface area contributed by atoms with Crippen molar-refractivity contribution in [3.8, 4) is 0 Å². The van der Waals surface area contributed by atoms with Crippen LogP contribution in [0, 0.1) is 5.41 Å². The zero-order valence-corrected chi connectivity index (χ0v) is 22.9. The number of hydrazone groups is 1. The number of fused-ring (bicyclic) bond motifs is 1. The normalized spacial score (nSPS) is 16.4. The van der Waals surface area contributed by atoms with Crippen LogP contribution in [0.15, 0.2) is 114 Å². The maximum Gasteiger partial charge on any atom is 0.204 e. The van der Waals surface area contributed by atoms with Crippen molar-refractivity contribution >= 4 is 28.4 Å². The third kappa shape index (κ3) is 4.69. The second-order valence-corrected chi connectivity index (χ2v) is 10.8. The number of hydrogen-bond donors (Lipinski definition) is 1. The van der Waals surface area contributed by atoms with E-state index in [1.807, 2.05) is 6.07 Å². The quantitative estimate of drug-likeness (QED) is 0.228. The van der Waals surface area contributed by atoms with Gasteiger partial charge in [0.1, 0.15) is 0 Å². The molecule has 0 fully saturated rings. The molecule has 0 amide bonds. The Labute approximate surface area is 230 Å². The molecule has 1 aliphatic rings. The Kier molecular flexibility index (Phi) is 6.65. The van der Waals surface area contributed by atoms with Crippen LogP contribution < -0.4 is 10.3 Å². The van der Waals surface area contributed by atoms with Crippen LogP contribution in [0.2, 0.25) is 0 Å². The molecule has 5 heteroatoms. The fraction of sp³-hybridized carbons (Fsp3) is 0.235. The molecule has 0 spiro atoms. The topological polar surface area (TPSA) is 45.5 Å². The molecule has 0 unspecified atom stereocenters. The minimum atomic E-state index is -0.179. The highest BCUT2D eigenvalue weighted by Gasteiger charge is 2.46. The van der Waals surface area contributed by atoms with E-state index < -0.39 is 0 Å². The minimum absolute atomic E-state index is 0.0897. The number of aromatic nitrogens is 2. The summed E-state index contributed by atoms with van der Waals surface area (Å²) >= 11 is 0. The van der Waals surface area contributed by atoms with E-state index in [0.29, 0.717) is 6.54 Å². The molecule has 2 heterocycles. The Balaban J connectivity index is 1.28. The van der Waals surface area contributed by atoms with Crippen molar-refractivity contribution in [2.45, 2.75) is 46.3 Å². The van der Waals surface area contributed by atoms with Gasteiger partial charge in [-0.3, -0.25) is 5.01 Å². The summed E-state index contributed by atoms with van der Waals surface area (Å²) in [6, 6.07) is 38.5. The Hall–Kier alpha value is -4.38. The SMILES string of the molecule is CCCn1c(NCc2ccc(N3N=C(c4ccccc4)C(C)(C)[C@@H]3c3ccccc3)cc2)nc2ccccc21. The molecule has 5 aromatic rings. The lowest BCUT2D eigenvalue weighted by Gasteiger charge is -2.33. The summed E-state index contributed by atoms with van der Waals surface area (Å²) in [5.74, 6) is 0.921. The van der Waals surface area contributed by atoms with Crippen molar-refractivity contribution < 1.29 is 0 Å². The molecule has 0 saturated heterocycles. The molecule has 0 bridgehead atoms. The average Bonchev–Trinajstić information content (AvgIpc) is 3.47. The van der Waals surface area contributed by atoms with Crippen molar-refractivity contribution in [1.29, 1.82) is 0 Å². The summed E-state index contributed by atoms with van der Waals surface area (Å²) in [7, 11) is 0. The van der Waals surface area contributed by atoms with Gasteiger partial charge in [0.15, 0.2) is 0 Å². The van der Waals surface area contributed by atoms with E-state index in [2.05, 4.69) is 139 Å². The van der Waals surface area contributed by atoms with Crippen molar-refractivity contribution in [3.63, 3.8) is 0 Å². The van der Waals surface area contributed by atoms with Gasteiger partial charge in [0, 0.05) is 18.5 Å². The lowest BCUT2D eigenvalue weighted by atomic mass is 9.75. The number of imidazole rings is 1. The predicted molar refractivity (Wildman–Crippen MR) is 162 cm³/mol. The Bertz CT molecular complexity index is 1580. The zero-order chi connectivity index (χ0) is 26.8. The Morgan fingerprint density at radius 1 is 0.795 bits per heavy atom. The smallest absolute Gasteiger partial charge is 0.204 e. The van der Waals surface area contributed by atoms with Crippen LogP contribution in [0.3, 0.4) is 0 Å². The lowest BCUT2D eigenvalue weighted by molar-refractivity contribution is 0.425. The van der Waals surface area contributed by atoms with Crippen molar-refractivity contribution in [2.75, 3.05) is 10.3 Å². The van der Waals surface area contributed by atoms with Crippen LogP contribution >= 0.6 is 0 Å². The number of para-hydroxylation sites is 2. The Morgan fingerprint density at radius 2 is 1.46 bits per heavy atom. The molecule has 196 valence electrons. The average molecular weight is 514 g/mol. The van der Waals surface area contributed by atoms with Gasteiger partial charge in [-0.25, -0.2) is 4.98 Å². The van der Waals surface area contributed by atoms with Gasteiger partial charge in [0.05, 0.1) is 28.5 Å². The molecular formula is C34H35N5. The van der Waals surface area contributed by atoms with Gasteiger partial charge in [0.25, 0.3) is 0 Å². The van der Waals surface area contributed by atoms with E-state index in [9.17, 15) is 0 Å². The standard InChI is InChI=1S/C34H35N5/c1-4-23-38-30-18-12-11-17-29(30)36-33(38)35-24-25-19-21-28(22-20-25)39-32(27-15-9-6-10-16-27)34(2,3)31(37-39)26-13-7-5-8-14-26/h5-22,32H,4,23-24H2,1-3H3,(H,35,36)/t32-/m0/s1. The van der Waals surface area contributed by atoms with Crippen molar-refractivity contribution in [2.24, 2.45) is 10.5 Å². The fourth-order valence-corrected chi connectivity index (χ4v) is 5.76. The molecule has 1 aliphatic heterocycles. The van der Waals surface area contributed by atoms with Crippen LogP contribution in [-0.4, -0.2) is 15.3 Å². The molecule has 1 atom stereocenters. The summed E-state index contributed by atoms with van der Waals surface area (Å²) in [5, 5.41) is 11.0. The molecule has 5 nitrogen and oxygen atoms in total. The number of hydrogen-bond acceptors (Lipinski definition) is 4. The summed E-state index contributed by atoms with van der Waals surface area (Å²) in [6.07, 6.45) is 1.06. The minimum Gasteiger partial charge on any atom is -0.352 e. The number of rotatable bonds is 8. The molecular weight excluding hydrogens is 478 g/mol. The van der Waals surface area contributed by atoms with Gasteiger partial charge < -0.3 is 9.88 Å². The first-order valence-electron chi connectivity index (χ1n) is 13.8. The van der Waals surface area contributed by atoms with Gasteiger partial charge >= 0.3 is 0 Å². The number of nitrogens with zero attached hydrogens (tertiary/aromatic N) is 4. The van der Waals surface area contributed by atoms with E-state index in [1.54, 1.807) is 0 Å². The molecule has 0 saturated carbocycles. The first kappa shape index (κ1) is 24.9. The number of aryl methyl sites for hydroxylation is 1. The highest BCUT2D eigenvalue weighted by molar-refractivity contribution is 6.07. The third-order valence-electron chi connectivity index (χ3n) is 7.66. The van der Waals surface area contributed by atoms with Gasteiger partial charge in [-0.1, -0.05) is 106 Å². The molecule has 4 aromatic carbocycles. The lowest BCUT2D eigenvalue weighted by Crippen LogP contribution is -2.32. The van der Waals surface area contributed by atoms with Gasteiger partial charge in [-0.15, -0.1) is 0 Å². The van der Waals surface area contributed by atoms with E-state index in [1.165, 1.54) is 22.2 Å². The third-order valence-corrected chi connectivity index (χ3v) is 7.66. The van der Waals surface area contributed by atoms with Crippen molar-refractivity contribution in [3.05, 3.63) is 126 Å². The monoisotopic (exact) mass is 513 g/mol. The predicted octanol–water partition coefficient (Wildman–Crippen LogP) is 8.05. The van der Waals surface area contributed by atoms with E-state index in [0.717, 1.165) is 35.8 Å². The van der Waals surface area contributed by atoms with E-state index in [-0.39, 0.29) is 11.5 Å². The highest BCUT2D eigenvalue weighted by atomic mass is 15.5. The van der Waals surface area contributed by atoms with Gasteiger partial charge in [-0.05, 0) is 47.4 Å². The largest absolute Gasteiger partial charge is 0.352 e. The maximum atomic E-state index is 5.24. The second kappa shape index (κ2) is 10.4. The van der Waals surface area contributed by atoms with Crippen molar-refractivity contribution in [1.82, 2.24) is 9.55 Å². The van der Waals surface area contributed by atoms with E-state index in [4.69, 9.17) is 10.1 Å². The molecule has 6 rings (SSSR count). The van der Waals surface area contributed by atoms with Crippen LogP contribution in [0.5, 0.6) is 0 Å². The molecule has 39 heavy (non-hydrogen) atoms. The molecule has 1 N–H and O–H groups in total. The number of benzene rings is 4. The van der Waals surface area contributed by atoms with Gasteiger partial charge in [0.2, 0.25) is 5.95 Å². The van der Waals surface area contributed by atoms with Crippen LogP contribution in [0.1, 0.15) is 49.9 Å². The molecule has 0 aliphatic carbocycles. The van der Waals surface area contributed by atoms with E-state index >= 15 is 0 Å². The Morgan fingerprint density at radius 3 is 2.18 bits per heavy atom. The van der Waals surface area contributed by atoms with Crippen LogP contribution in [0.4, 0.5) is 11.6 Å². The maximum absolute atomic E-state index is 5.24. The molecule has 1 aromatic heterocycles. The second-order valence-electron chi connectivity index (χ2n) is 10.8. The summed E-state index contributed by atoms with van der Waals surface area (Å²) in [6.45, 7) is 8.45. The number of nitrogens with one attached hydrogen (secondary N) is 1. The molecule has 0 radical (unpaired) electrons.